The summed E-state index contributed by atoms with van der Waals surface area (Å²) in [6.45, 7) is 0. The van der Waals surface area contributed by atoms with E-state index in [9.17, 15) is 0 Å². The molecule has 4 aromatic heterocycles. The Bertz CT molecular complexity index is 806. The zero-order valence-corrected chi connectivity index (χ0v) is 9.69. The van der Waals surface area contributed by atoms with Crippen LogP contribution in [-0.2, 0) is 0 Å². The minimum absolute atomic E-state index is 0.975. The predicted octanol–water partition coefficient (Wildman–Crippen LogP) is 3.25. The molecular weight excluding hydrogens is 222 g/mol. The summed E-state index contributed by atoms with van der Waals surface area (Å²) in [4.78, 5) is 4.31. The SMILES string of the molecule is c1ccn2cc(-c3ccn4ccnc4c3)cc2c1. The minimum atomic E-state index is 0.975. The molecule has 4 heterocycles. The topological polar surface area (TPSA) is 21.7 Å². The fourth-order valence-corrected chi connectivity index (χ4v) is 2.30. The Morgan fingerprint density at radius 3 is 2.78 bits per heavy atom. The Hall–Kier alpha value is -2.55. The van der Waals surface area contributed by atoms with Gasteiger partial charge in [0, 0.05) is 42.1 Å². The molecule has 0 aliphatic heterocycles. The number of hydrogen-bond acceptors (Lipinski definition) is 1. The Labute approximate surface area is 104 Å². The second-order valence-corrected chi connectivity index (χ2v) is 4.37. The molecular formula is C15H11N3. The van der Waals surface area contributed by atoms with E-state index in [1.54, 1.807) is 0 Å². The third-order valence-corrected chi connectivity index (χ3v) is 3.24. The summed E-state index contributed by atoms with van der Waals surface area (Å²) in [7, 11) is 0. The summed E-state index contributed by atoms with van der Waals surface area (Å²) in [6, 6.07) is 12.6. The van der Waals surface area contributed by atoms with Crippen molar-refractivity contribution in [1.29, 1.82) is 0 Å². The highest BCUT2D eigenvalue weighted by molar-refractivity contribution is 5.72. The van der Waals surface area contributed by atoms with E-state index in [0.29, 0.717) is 0 Å². The maximum absolute atomic E-state index is 4.31. The first-order valence-corrected chi connectivity index (χ1v) is 5.90. The molecule has 0 amide bonds. The van der Waals surface area contributed by atoms with Gasteiger partial charge in [-0.15, -0.1) is 0 Å². The Morgan fingerprint density at radius 1 is 0.833 bits per heavy atom. The van der Waals surface area contributed by atoms with Crippen molar-refractivity contribution >= 4 is 11.2 Å². The van der Waals surface area contributed by atoms with Crippen LogP contribution in [0.5, 0.6) is 0 Å². The van der Waals surface area contributed by atoms with E-state index in [1.807, 2.05) is 29.1 Å². The third-order valence-electron chi connectivity index (χ3n) is 3.24. The van der Waals surface area contributed by atoms with E-state index >= 15 is 0 Å². The number of nitrogens with zero attached hydrogens (tertiary/aromatic N) is 3. The average molecular weight is 233 g/mol. The molecule has 0 aliphatic carbocycles. The summed E-state index contributed by atoms with van der Waals surface area (Å²) >= 11 is 0. The predicted molar refractivity (Wildman–Crippen MR) is 71.6 cm³/mol. The molecule has 3 heteroatoms. The lowest BCUT2D eigenvalue weighted by molar-refractivity contribution is 1.18. The molecule has 0 atom stereocenters. The molecule has 4 aromatic rings. The highest BCUT2D eigenvalue weighted by atomic mass is 15.0. The molecule has 0 fully saturated rings. The first kappa shape index (κ1) is 9.48. The van der Waals surface area contributed by atoms with Gasteiger partial charge in [0.15, 0.2) is 0 Å². The van der Waals surface area contributed by atoms with E-state index < -0.39 is 0 Å². The minimum Gasteiger partial charge on any atom is -0.323 e. The van der Waals surface area contributed by atoms with Crippen molar-refractivity contribution < 1.29 is 0 Å². The quantitative estimate of drug-likeness (QED) is 0.494. The van der Waals surface area contributed by atoms with Crippen molar-refractivity contribution in [2.75, 3.05) is 0 Å². The van der Waals surface area contributed by atoms with E-state index in [1.165, 1.54) is 16.6 Å². The van der Waals surface area contributed by atoms with Crippen LogP contribution in [0.2, 0.25) is 0 Å². The Kier molecular flexibility index (Phi) is 1.83. The van der Waals surface area contributed by atoms with Crippen LogP contribution in [0.25, 0.3) is 22.3 Å². The lowest BCUT2D eigenvalue weighted by atomic mass is 10.1. The van der Waals surface area contributed by atoms with Crippen molar-refractivity contribution in [1.82, 2.24) is 13.8 Å². The standard InChI is InChI=1S/C15H11N3/c1-2-6-18-11-13(9-14(18)3-1)12-4-7-17-8-5-16-15(17)10-12/h1-11H. The molecule has 0 radical (unpaired) electrons. The first-order chi connectivity index (χ1) is 8.90. The lowest BCUT2D eigenvalue weighted by Crippen LogP contribution is -1.83. The van der Waals surface area contributed by atoms with Crippen LogP contribution in [0.15, 0.2) is 67.4 Å². The fraction of sp³-hybridized carbons (Fsp3) is 0. The molecule has 0 N–H and O–H groups in total. The van der Waals surface area contributed by atoms with Gasteiger partial charge in [0.1, 0.15) is 5.65 Å². The average Bonchev–Trinajstić information content (AvgIpc) is 3.04. The van der Waals surface area contributed by atoms with Gasteiger partial charge in [-0.05, 0) is 35.9 Å². The number of fused-ring (bicyclic) bond motifs is 2. The third kappa shape index (κ3) is 1.34. The number of rotatable bonds is 1. The second kappa shape index (κ2) is 3.47. The molecule has 0 saturated carbocycles. The number of imidazole rings is 1. The fourth-order valence-electron chi connectivity index (χ4n) is 2.30. The summed E-state index contributed by atoms with van der Waals surface area (Å²) in [5.74, 6) is 0. The van der Waals surface area contributed by atoms with Gasteiger partial charge in [0.2, 0.25) is 0 Å². The maximum atomic E-state index is 4.31. The van der Waals surface area contributed by atoms with Crippen molar-refractivity contribution in [3.63, 3.8) is 0 Å². The van der Waals surface area contributed by atoms with Crippen LogP contribution < -0.4 is 0 Å². The van der Waals surface area contributed by atoms with Gasteiger partial charge in [-0.1, -0.05) is 6.07 Å². The van der Waals surface area contributed by atoms with E-state index in [4.69, 9.17) is 0 Å². The van der Waals surface area contributed by atoms with Crippen LogP contribution >= 0.6 is 0 Å². The number of pyridine rings is 2. The summed E-state index contributed by atoms with van der Waals surface area (Å²) < 4.78 is 4.14. The molecule has 0 aromatic carbocycles. The molecule has 0 saturated heterocycles. The first-order valence-electron chi connectivity index (χ1n) is 5.90. The number of aromatic nitrogens is 3. The largest absolute Gasteiger partial charge is 0.323 e. The van der Waals surface area contributed by atoms with Crippen LogP contribution in [-0.4, -0.2) is 13.8 Å². The highest BCUT2D eigenvalue weighted by Gasteiger charge is 2.03. The smallest absolute Gasteiger partial charge is 0.137 e. The highest BCUT2D eigenvalue weighted by Crippen LogP contribution is 2.23. The maximum Gasteiger partial charge on any atom is 0.137 e. The zero-order valence-electron chi connectivity index (χ0n) is 9.69. The van der Waals surface area contributed by atoms with Crippen molar-refractivity contribution in [2.24, 2.45) is 0 Å². The lowest BCUT2D eigenvalue weighted by Gasteiger charge is -1.98. The van der Waals surface area contributed by atoms with Crippen molar-refractivity contribution in [3.05, 3.63) is 67.4 Å². The van der Waals surface area contributed by atoms with Crippen LogP contribution in [0.4, 0.5) is 0 Å². The van der Waals surface area contributed by atoms with Crippen LogP contribution in [0, 0.1) is 0 Å². The normalized spacial score (nSPS) is 11.3. The molecule has 18 heavy (non-hydrogen) atoms. The van der Waals surface area contributed by atoms with Gasteiger partial charge in [-0.2, -0.15) is 0 Å². The van der Waals surface area contributed by atoms with Gasteiger partial charge in [0.05, 0.1) is 0 Å². The summed E-state index contributed by atoms with van der Waals surface area (Å²) in [6.07, 6.45) is 10.0. The Balaban J connectivity index is 1.94. The van der Waals surface area contributed by atoms with Crippen molar-refractivity contribution in [3.8, 4) is 11.1 Å². The Morgan fingerprint density at radius 2 is 1.83 bits per heavy atom. The monoisotopic (exact) mass is 233 g/mol. The van der Waals surface area contributed by atoms with Gasteiger partial charge >= 0.3 is 0 Å². The van der Waals surface area contributed by atoms with Gasteiger partial charge in [0.25, 0.3) is 0 Å². The summed E-state index contributed by atoms with van der Waals surface area (Å²) in [5.41, 5.74) is 4.59. The van der Waals surface area contributed by atoms with Gasteiger partial charge in [-0.3, -0.25) is 0 Å². The van der Waals surface area contributed by atoms with E-state index in [-0.39, 0.29) is 0 Å². The summed E-state index contributed by atoms with van der Waals surface area (Å²) in [5, 5.41) is 0. The molecule has 0 spiro atoms. The molecule has 86 valence electrons. The van der Waals surface area contributed by atoms with Crippen molar-refractivity contribution in [2.45, 2.75) is 0 Å². The molecule has 0 aliphatic rings. The molecule has 3 nitrogen and oxygen atoms in total. The van der Waals surface area contributed by atoms with Gasteiger partial charge in [-0.25, -0.2) is 4.98 Å². The zero-order chi connectivity index (χ0) is 11.9. The van der Waals surface area contributed by atoms with E-state index in [2.05, 4.69) is 52.1 Å². The number of hydrogen-bond donors (Lipinski definition) is 0. The van der Waals surface area contributed by atoms with Crippen LogP contribution in [0.1, 0.15) is 0 Å². The molecule has 0 bridgehead atoms. The molecule has 4 rings (SSSR count). The van der Waals surface area contributed by atoms with E-state index in [0.717, 1.165) is 5.65 Å². The van der Waals surface area contributed by atoms with Gasteiger partial charge < -0.3 is 8.80 Å². The van der Waals surface area contributed by atoms with Crippen LogP contribution in [0.3, 0.4) is 0 Å². The molecule has 0 unspecified atom stereocenters. The second-order valence-electron chi connectivity index (χ2n) is 4.37.